The molecular formula is C40H24N4O. The van der Waals surface area contributed by atoms with Crippen molar-refractivity contribution in [2.75, 3.05) is 0 Å². The van der Waals surface area contributed by atoms with Gasteiger partial charge in [-0.1, -0.05) is 103 Å². The van der Waals surface area contributed by atoms with Crippen molar-refractivity contribution in [1.29, 1.82) is 5.26 Å². The summed E-state index contributed by atoms with van der Waals surface area (Å²) in [5.74, 6) is 1.63. The summed E-state index contributed by atoms with van der Waals surface area (Å²) in [6, 6.07) is 50.6. The summed E-state index contributed by atoms with van der Waals surface area (Å²) in [6.45, 7) is 0. The number of hydrogen-bond donors (Lipinski definition) is 0. The van der Waals surface area contributed by atoms with Gasteiger partial charge in [0.1, 0.15) is 11.2 Å². The summed E-state index contributed by atoms with van der Waals surface area (Å²) < 4.78 is 6.39. The number of benzene rings is 6. The summed E-state index contributed by atoms with van der Waals surface area (Å²) in [5, 5.41) is 11.4. The number of rotatable bonds is 5. The van der Waals surface area contributed by atoms with Gasteiger partial charge in [0, 0.05) is 27.5 Å². The summed E-state index contributed by atoms with van der Waals surface area (Å²) in [7, 11) is 0. The fourth-order valence-electron chi connectivity index (χ4n) is 5.72. The molecule has 5 heteroatoms. The van der Waals surface area contributed by atoms with Gasteiger partial charge in [-0.3, -0.25) is 0 Å². The second-order valence-corrected chi connectivity index (χ2v) is 10.8. The Labute approximate surface area is 259 Å². The number of hydrogen-bond acceptors (Lipinski definition) is 5. The minimum Gasteiger partial charge on any atom is -0.456 e. The Kier molecular flexibility index (Phi) is 6.44. The second kappa shape index (κ2) is 11.0. The standard InChI is InChI=1S/C40H24N4O/c41-25-26-14-16-30(17-15-26)38-42-39(31-20-18-28(19-21-31)27-8-3-1-4-9-27)44-40(43-38)32-22-23-34-36(24-32)45-35-13-7-12-33(37(34)35)29-10-5-2-6-11-29/h1-24H. The number of furan rings is 1. The third-order valence-electron chi connectivity index (χ3n) is 8.00. The minimum absolute atomic E-state index is 0.530. The van der Waals surface area contributed by atoms with Crippen LogP contribution in [0.15, 0.2) is 150 Å². The second-order valence-electron chi connectivity index (χ2n) is 10.8. The van der Waals surface area contributed by atoms with E-state index in [2.05, 4.69) is 54.6 Å². The molecular weight excluding hydrogens is 552 g/mol. The first-order chi connectivity index (χ1) is 22.2. The lowest BCUT2D eigenvalue weighted by Gasteiger charge is -2.09. The zero-order valence-corrected chi connectivity index (χ0v) is 24.1. The van der Waals surface area contributed by atoms with E-state index in [0.717, 1.165) is 60.9 Å². The summed E-state index contributed by atoms with van der Waals surface area (Å²) in [4.78, 5) is 14.7. The molecule has 5 nitrogen and oxygen atoms in total. The molecule has 0 aliphatic rings. The highest BCUT2D eigenvalue weighted by molar-refractivity contribution is 6.12. The molecule has 2 aromatic heterocycles. The first-order valence-corrected chi connectivity index (χ1v) is 14.7. The number of aromatic nitrogens is 3. The molecule has 0 radical (unpaired) electrons. The molecule has 8 rings (SSSR count). The first-order valence-electron chi connectivity index (χ1n) is 14.7. The zero-order chi connectivity index (χ0) is 30.2. The smallest absolute Gasteiger partial charge is 0.164 e. The van der Waals surface area contributed by atoms with Crippen molar-refractivity contribution in [3.8, 4) is 62.5 Å². The monoisotopic (exact) mass is 576 g/mol. The molecule has 0 aliphatic heterocycles. The zero-order valence-electron chi connectivity index (χ0n) is 24.1. The van der Waals surface area contributed by atoms with Crippen LogP contribution < -0.4 is 0 Å². The lowest BCUT2D eigenvalue weighted by atomic mass is 9.99. The van der Waals surface area contributed by atoms with Gasteiger partial charge in [-0.25, -0.2) is 15.0 Å². The van der Waals surface area contributed by atoms with Gasteiger partial charge in [0.15, 0.2) is 17.5 Å². The van der Waals surface area contributed by atoms with Crippen LogP contribution >= 0.6 is 0 Å². The largest absolute Gasteiger partial charge is 0.456 e. The van der Waals surface area contributed by atoms with Crippen molar-refractivity contribution in [3.63, 3.8) is 0 Å². The van der Waals surface area contributed by atoms with E-state index < -0.39 is 0 Å². The lowest BCUT2D eigenvalue weighted by Crippen LogP contribution is -2.00. The van der Waals surface area contributed by atoms with Gasteiger partial charge in [0.05, 0.1) is 11.6 Å². The molecule has 0 aliphatic carbocycles. The maximum absolute atomic E-state index is 9.31. The predicted octanol–water partition coefficient (Wildman–Crippen LogP) is 9.98. The molecule has 0 amide bonds. The van der Waals surface area contributed by atoms with Crippen LogP contribution in [0, 0.1) is 11.3 Å². The summed E-state index contributed by atoms with van der Waals surface area (Å²) >= 11 is 0. The van der Waals surface area contributed by atoms with Crippen molar-refractivity contribution in [2.45, 2.75) is 0 Å². The van der Waals surface area contributed by atoms with Gasteiger partial charge >= 0.3 is 0 Å². The van der Waals surface area contributed by atoms with Gasteiger partial charge in [-0.05, 0) is 64.7 Å². The van der Waals surface area contributed by atoms with E-state index in [9.17, 15) is 5.26 Å². The molecule has 0 N–H and O–H groups in total. The molecule has 0 unspecified atom stereocenters. The number of nitrogens with zero attached hydrogens (tertiary/aromatic N) is 4. The quantitative estimate of drug-likeness (QED) is 0.204. The molecule has 210 valence electrons. The third kappa shape index (κ3) is 4.91. The Morgan fingerprint density at radius 2 is 0.978 bits per heavy atom. The molecule has 6 aromatic carbocycles. The van der Waals surface area contributed by atoms with Crippen molar-refractivity contribution in [3.05, 3.63) is 151 Å². The van der Waals surface area contributed by atoms with E-state index in [1.54, 1.807) is 12.1 Å². The molecule has 0 spiro atoms. The van der Waals surface area contributed by atoms with Crippen molar-refractivity contribution in [1.82, 2.24) is 15.0 Å². The first kappa shape index (κ1) is 26.3. The van der Waals surface area contributed by atoms with Crippen molar-refractivity contribution >= 4 is 21.9 Å². The topological polar surface area (TPSA) is 75.6 Å². The molecule has 0 bridgehead atoms. The van der Waals surface area contributed by atoms with E-state index in [4.69, 9.17) is 19.4 Å². The van der Waals surface area contributed by atoms with Gasteiger partial charge in [0.2, 0.25) is 0 Å². The molecule has 2 heterocycles. The molecule has 0 saturated carbocycles. The molecule has 0 fully saturated rings. The van der Waals surface area contributed by atoms with Crippen LogP contribution in [-0.4, -0.2) is 15.0 Å². The SMILES string of the molecule is N#Cc1ccc(-c2nc(-c3ccc(-c4ccccc4)cc3)nc(-c3ccc4c(c3)oc3cccc(-c5ccccc5)c34)n2)cc1. The van der Waals surface area contributed by atoms with Gasteiger partial charge in [0.25, 0.3) is 0 Å². The average molecular weight is 577 g/mol. The average Bonchev–Trinajstić information content (AvgIpc) is 3.50. The van der Waals surface area contributed by atoms with Crippen LogP contribution in [0.2, 0.25) is 0 Å². The third-order valence-corrected chi connectivity index (χ3v) is 8.00. The summed E-state index contributed by atoms with van der Waals surface area (Å²) in [6.07, 6.45) is 0. The number of nitriles is 1. The van der Waals surface area contributed by atoms with Gasteiger partial charge in [-0.2, -0.15) is 5.26 Å². The van der Waals surface area contributed by atoms with Gasteiger partial charge < -0.3 is 4.42 Å². The summed E-state index contributed by atoms with van der Waals surface area (Å²) in [5.41, 5.74) is 9.21. The molecule has 8 aromatic rings. The Balaban J connectivity index is 1.26. The van der Waals surface area contributed by atoms with E-state index in [1.165, 1.54) is 0 Å². The van der Waals surface area contributed by atoms with Crippen LogP contribution in [0.4, 0.5) is 0 Å². The maximum atomic E-state index is 9.31. The number of fused-ring (bicyclic) bond motifs is 3. The van der Waals surface area contributed by atoms with E-state index in [1.807, 2.05) is 84.9 Å². The molecule has 45 heavy (non-hydrogen) atoms. The normalized spacial score (nSPS) is 11.1. The van der Waals surface area contributed by atoms with Crippen LogP contribution in [0.25, 0.3) is 78.4 Å². The van der Waals surface area contributed by atoms with Crippen LogP contribution in [-0.2, 0) is 0 Å². The van der Waals surface area contributed by atoms with E-state index in [0.29, 0.717) is 23.0 Å². The Morgan fingerprint density at radius 3 is 1.62 bits per heavy atom. The maximum Gasteiger partial charge on any atom is 0.164 e. The molecule has 0 saturated heterocycles. The highest BCUT2D eigenvalue weighted by Crippen LogP contribution is 2.38. The predicted molar refractivity (Wildman–Crippen MR) is 179 cm³/mol. The van der Waals surface area contributed by atoms with Crippen LogP contribution in [0.1, 0.15) is 5.56 Å². The van der Waals surface area contributed by atoms with Crippen molar-refractivity contribution in [2.24, 2.45) is 0 Å². The van der Waals surface area contributed by atoms with Crippen LogP contribution in [0.5, 0.6) is 0 Å². The highest BCUT2D eigenvalue weighted by Gasteiger charge is 2.16. The fourth-order valence-corrected chi connectivity index (χ4v) is 5.72. The fraction of sp³-hybridized carbons (Fsp3) is 0. The van der Waals surface area contributed by atoms with Crippen molar-refractivity contribution < 1.29 is 4.42 Å². The van der Waals surface area contributed by atoms with Gasteiger partial charge in [-0.15, -0.1) is 0 Å². The Hall–Kier alpha value is -6.38. The van der Waals surface area contributed by atoms with E-state index in [-0.39, 0.29) is 0 Å². The molecule has 0 atom stereocenters. The Bertz CT molecular complexity index is 2350. The Morgan fingerprint density at radius 1 is 0.444 bits per heavy atom. The lowest BCUT2D eigenvalue weighted by molar-refractivity contribution is 0.669. The van der Waals surface area contributed by atoms with Crippen LogP contribution in [0.3, 0.4) is 0 Å². The minimum atomic E-state index is 0.530. The van der Waals surface area contributed by atoms with E-state index >= 15 is 0 Å². The highest BCUT2D eigenvalue weighted by atomic mass is 16.3.